The molecule has 1 amide bonds. The first-order chi connectivity index (χ1) is 7.17. The van der Waals surface area contributed by atoms with Gasteiger partial charge in [0.25, 0.3) is 0 Å². The number of hydrogen-bond acceptors (Lipinski definition) is 3. The number of carbonyl (C=O) groups excluding carboxylic acids is 1. The van der Waals surface area contributed by atoms with Crippen LogP contribution in [0.3, 0.4) is 0 Å². The van der Waals surface area contributed by atoms with E-state index in [4.69, 9.17) is 4.74 Å². The van der Waals surface area contributed by atoms with E-state index in [0.717, 1.165) is 5.56 Å². The zero-order valence-electron chi connectivity index (χ0n) is 8.65. The van der Waals surface area contributed by atoms with Crippen molar-refractivity contribution in [3.8, 4) is 11.5 Å². The third-order valence-electron chi connectivity index (χ3n) is 1.88. The van der Waals surface area contributed by atoms with E-state index in [9.17, 15) is 9.90 Å². The topological polar surface area (TPSA) is 58.6 Å². The number of nitrogens with one attached hydrogen (secondary N) is 1. The van der Waals surface area contributed by atoms with Gasteiger partial charge in [-0.15, -0.1) is 0 Å². The summed E-state index contributed by atoms with van der Waals surface area (Å²) < 4.78 is 4.93. The summed E-state index contributed by atoms with van der Waals surface area (Å²) in [7, 11) is 3.03. The predicted molar refractivity (Wildman–Crippen MR) is 57.8 cm³/mol. The molecule has 0 spiro atoms. The van der Waals surface area contributed by atoms with E-state index in [-0.39, 0.29) is 11.7 Å². The first-order valence-corrected chi connectivity index (χ1v) is 4.44. The Bertz CT molecular complexity index is 385. The van der Waals surface area contributed by atoms with Gasteiger partial charge in [0.2, 0.25) is 5.91 Å². The quantitative estimate of drug-likeness (QED) is 0.731. The van der Waals surface area contributed by atoms with E-state index in [2.05, 4.69) is 5.32 Å². The normalized spacial score (nSPS) is 10.3. The minimum atomic E-state index is -0.179. The van der Waals surface area contributed by atoms with Crippen LogP contribution in [0.25, 0.3) is 6.08 Å². The summed E-state index contributed by atoms with van der Waals surface area (Å²) in [5, 5.41) is 11.8. The van der Waals surface area contributed by atoms with Crippen molar-refractivity contribution < 1.29 is 14.6 Å². The van der Waals surface area contributed by atoms with Crippen LogP contribution >= 0.6 is 0 Å². The molecule has 0 unspecified atom stereocenters. The van der Waals surface area contributed by atoms with Gasteiger partial charge in [0.15, 0.2) is 11.5 Å². The fourth-order valence-electron chi connectivity index (χ4n) is 1.05. The molecule has 0 bridgehead atoms. The van der Waals surface area contributed by atoms with Gasteiger partial charge in [0.1, 0.15) is 0 Å². The van der Waals surface area contributed by atoms with Crippen LogP contribution in [-0.2, 0) is 4.79 Å². The van der Waals surface area contributed by atoms with Gasteiger partial charge < -0.3 is 15.2 Å². The van der Waals surface area contributed by atoms with Crippen molar-refractivity contribution in [1.82, 2.24) is 5.32 Å². The number of phenolic OH excluding ortho intramolecular Hbond substituents is 1. The lowest BCUT2D eigenvalue weighted by atomic mass is 10.2. The van der Waals surface area contributed by atoms with Gasteiger partial charge in [-0.2, -0.15) is 0 Å². The second kappa shape index (κ2) is 5.05. The maximum Gasteiger partial charge on any atom is 0.243 e. The predicted octanol–water partition coefficient (Wildman–Crippen LogP) is 1.16. The molecule has 80 valence electrons. The standard InChI is InChI=1S/C11H13NO3/c1-12-11(14)6-4-8-3-5-9(13)10(7-8)15-2/h3-7,13H,1-2H3,(H,12,14)/b6-4-. The molecule has 2 N–H and O–H groups in total. The first-order valence-electron chi connectivity index (χ1n) is 4.44. The maximum absolute atomic E-state index is 10.9. The van der Waals surface area contributed by atoms with Crippen molar-refractivity contribution >= 4 is 12.0 Å². The van der Waals surface area contributed by atoms with E-state index >= 15 is 0 Å². The fourth-order valence-corrected chi connectivity index (χ4v) is 1.05. The monoisotopic (exact) mass is 207 g/mol. The Hall–Kier alpha value is -1.97. The lowest BCUT2D eigenvalue weighted by molar-refractivity contribution is -0.115. The number of benzene rings is 1. The van der Waals surface area contributed by atoms with Crippen LogP contribution in [-0.4, -0.2) is 25.2 Å². The van der Waals surface area contributed by atoms with E-state index in [1.165, 1.54) is 19.3 Å². The summed E-state index contributed by atoms with van der Waals surface area (Å²) in [4.78, 5) is 10.9. The Morgan fingerprint density at radius 2 is 2.27 bits per heavy atom. The van der Waals surface area contributed by atoms with Crippen LogP contribution in [0.4, 0.5) is 0 Å². The number of amides is 1. The van der Waals surface area contributed by atoms with Crippen LogP contribution in [0.1, 0.15) is 5.56 Å². The zero-order chi connectivity index (χ0) is 11.3. The minimum absolute atomic E-state index is 0.0783. The van der Waals surface area contributed by atoms with E-state index < -0.39 is 0 Å². The molecule has 1 rings (SSSR count). The highest BCUT2D eigenvalue weighted by Crippen LogP contribution is 2.26. The summed E-state index contributed by atoms with van der Waals surface area (Å²) in [5.41, 5.74) is 0.785. The van der Waals surface area contributed by atoms with Gasteiger partial charge in [0, 0.05) is 13.1 Å². The molecule has 0 aliphatic carbocycles. The smallest absolute Gasteiger partial charge is 0.243 e. The van der Waals surface area contributed by atoms with Crippen molar-refractivity contribution in [3.05, 3.63) is 29.8 Å². The van der Waals surface area contributed by atoms with Gasteiger partial charge in [-0.05, 0) is 23.8 Å². The second-order valence-corrected chi connectivity index (χ2v) is 2.88. The SMILES string of the molecule is CNC(=O)/C=C\c1ccc(O)c(OC)c1. The molecule has 0 heterocycles. The van der Waals surface area contributed by atoms with Crippen LogP contribution in [0, 0.1) is 0 Å². The Kier molecular flexibility index (Phi) is 3.74. The summed E-state index contributed by atoms with van der Waals surface area (Å²) in [6.07, 6.45) is 3.05. The molecular formula is C11H13NO3. The fraction of sp³-hybridized carbons (Fsp3) is 0.182. The Labute approximate surface area is 88.2 Å². The number of carbonyl (C=O) groups is 1. The Morgan fingerprint density at radius 3 is 2.87 bits per heavy atom. The van der Waals surface area contributed by atoms with Gasteiger partial charge in [-0.25, -0.2) is 0 Å². The van der Waals surface area contributed by atoms with E-state index in [0.29, 0.717) is 5.75 Å². The van der Waals surface area contributed by atoms with Gasteiger partial charge in [-0.3, -0.25) is 4.79 Å². The van der Waals surface area contributed by atoms with Crippen molar-refractivity contribution in [2.45, 2.75) is 0 Å². The van der Waals surface area contributed by atoms with Crippen LogP contribution in [0.5, 0.6) is 11.5 Å². The Morgan fingerprint density at radius 1 is 1.53 bits per heavy atom. The van der Waals surface area contributed by atoms with Gasteiger partial charge >= 0.3 is 0 Å². The van der Waals surface area contributed by atoms with Crippen molar-refractivity contribution in [3.63, 3.8) is 0 Å². The summed E-state index contributed by atoms with van der Waals surface area (Å²) >= 11 is 0. The summed E-state index contributed by atoms with van der Waals surface area (Å²) in [6.45, 7) is 0. The summed E-state index contributed by atoms with van der Waals surface area (Å²) in [5.74, 6) is 0.283. The lowest BCUT2D eigenvalue weighted by Crippen LogP contribution is -2.13. The molecule has 1 aromatic carbocycles. The summed E-state index contributed by atoms with van der Waals surface area (Å²) in [6, 6.07) is 4.86. The number of ether oxygens (including phenoxy) is 1. The molecule has 0 aliphatic rings. The van der Waals surface area contributed by atoms with Crippen molar-refractivity contribution in [2.75, 3.05) is 14.2 Å². The third kappa shape index (κ3) is 3.02. The van der Waals surface area contributed by atoms with E-state index in [1.54, 1.807) is 25.3 Å². The highest BCUT2D eigenvalue weighted by Gasteiger charge is 2.00. The average Bonchev–Trinajstić information content (AvgIpc) is 2.27. The molecule has 4 heteroatoms. The van der Waals surface area contributed by atoms with Gasteiger partial charge in [0.05, 0.1) is 7.11 Å². The van der Waals surface area contributed by atoms with Gasteiger partial charge in [-0.1, -0.05) is 6.07 Å². The van der Waals surface area contributed by atoms with Crippen LogP contribution in [0.15, 0.2) is 24.3 Å². The molecule has 0 saturated heterocycles. The van der Waals surface area contributed by atoms with Crippen LogP contribution < -0.4 is 10.1 Å². The first kappa shape index (κ1) is 11.1. The van der Waals surface area contributed by atoms with Crippen molar-refractivity contribution in [2.24, 2.45) is 0 Å². The highest BCUT2D eigenvalue weighted by atomic mass is 16.5. The molecule has 1 aromatic rings. The third-order valence-corrected chi connectivity index (χ3v) is 1.88. The van der Waals surface area contributed by atoms with Crippen molar-refractivity contribution in [1.29, 1.82) is 0 Å². The molecule has 0 radical (unpaired) electrons. The number of aromatic hydroxyl groups is 1. The second-order valence-electron chi connectivity index (χ2n) is 2.88. The number of hydrogen-bond donors (Lipinski definition) is 2. The molecule has 0 atom stereocenters. The lowest BCUT2D eigenvalue weighted by Gasteiger charge is -2.03. The average molecular weight is 207 g/mol. The number of methoxy groups -OCH3 is 1. The number of rotatable bonds is 3. The molecule has 4 nitrogen and oxygen atoms in total. The molecule has 0 fully saturated rings. The molecule has 0 aliphatic heterocycles. The largest absolute Gasteiger partial charge is 0.504 e. The van der Waals surface area contributed by atoms with Crippen LogP contribution in [0.2, 0.25) is 0 Å². The van der Waals surface area contributed by atoms with E-state index in [1.807, 2.05) is 0 Å². The molecule has 15 heavy (non-hydrogen) atoms. The number of likely N-dealkylation sites (N-methyl/N-ethyl adjacent to an activating group) is 1. The minimum Gasteiger partial charge on any atom is -0.504 e. The Balaban J connectivity index is 2.87. The molecule has 0 saturated carbocycles. The zero-order valence-corrected chi connectivity index (χ0v) is 8.65. The highest BCUT2D eigenvalue weighted by molar-refractivity contribution is 5.91. The molecule has 0 aromatic heterocycles. The molecular weight excluding hydrogens is 194 g/mol. The number of phenols is 1. The maximum atomic E-state index is 10.9.